The van der Waals surface area contributed by atoms with Crippen LogP contribution in [0.4, 0.5) is 0 Å². The van der Waals surface area contributed by atoms with E-state index < -0.39 is 5.54 Å². The third-order valence-corrected chi connectivity index (χ3v) is 2.02. The molecule has 1 aromatic carbocycles. The molecule has 1 nitrogen and oxygen atoms in total. The Balaban J connectivity index is 2.75. The third-order valence-electron chi connectivity index (χ3n) is 2.02. The molecule has 1 rings (SSSR count). The number of hydrogen-bond acceptors (Lipinski definition) is 1. The van der Waals surface area contributed by atoms with Crippen LogP contribution in [0.25, 0.3) is 0 Å². The molecule has 0 fully saturated rings. The highest BCUT2D eigenvalue weighted by Gasteiger charge is 2.03. The Hall–Kier alpha value is -1.26. The number of rotatable bonds is 2. The van der Waals surface area contributed by atoms with Crippen molar-refractivity contribution in [2.45, 2.75) is 39.2 Å². The van der Waals surface area contributed by atoms with E-state index in [1.807, 2.05) is 13.8 Å². The summed E-state index contributed by atoms with van der Waals surface area (Å²) in [7, 11) is 0. The predicted octanol–water partition coefficient (Wildman–Crippen LogP) is 2.73. The van der Waals surface area contributed by atoms with Gasteiger partial charge in [-0.25, -0.2) is 0 Å². The monoisotopic (exact) mass is 201 g/mol. The van der Waals surface area contributed by atoms with Crippen LogP contribution in [0.1, 0.15) is 38.3 Å². The minimum atomic E-state index is -0.415. The molecule has 0 atom stereocenters. The number of aryl methyl sites for hydroxylation is 1. The predicted molar refractivity (Wildman–Crippen MR) is 65.6 cm³/mol. The van der Waals surface area contributed by atoms with Crippen LogP contribution in [0.3, 0.4) is 0 Å². The molecule has 0 heterocycles. The highest BCUT2D eigenvalue weighted by atomic mass is 14.7. The van der Waals surface area contributed by atoms with Crippen molar-refractivity contribution in [2.75, 3.05) is 0 Å². The molecule has 0 unspecified atom stereocenters. The Labute approximate surface area is 92.7 Å². The first-order chi connectivity index (χ1) is 7.01. The fourth-order valence-electron chi connectivity index (χ4n) is 1.28. The zero-order chi connectivity index (χ0) is 11.3. The van der Waals surface area contributed by atoms with Gasteiger partial charge >= 0.3 is 0 Å². The third kappa shape index (κ3) is 4.67. The lowest BCUT2D eigenvalue weighted by Gasteiger charge is -2.07. The first-order valence-electron chi connectivity index (χ1n) is 5.42. The lowest BCUT2D eigenvalue weighted by atomic mass is 10.1. The van der Waals surface area contributed by atoms with E-state index in [0.29, 0.717) is 0 Å². The van der Waals surface area contributed by atoms with Gasteiger partial charge in [-0.1, -0.05) is 37.3 Å². The summed E-state index contributed by atoms with van der Waals surface area (Å²) in [6, 6.07) is 8.39. The fraction of sp³-hybridized carbons (Fsp3) is 0.429. The quantitative estimate of drug-likeness (QED) is 0.731. The van der Waals surface area contributed by atoms with Gasteiger partial charge in [0.1, 0.15) is 0 Å². The van der Waals surface area contributed by atoms with Crippen LogP contribution < -0.4 is 5.73 Å². The van der Waals surface area contributed by atoms with Gasteiger partial charge in [0.2, 0.25) is 0 Å². The summed E-state index contributed by atoms with van der Waals surface area (Å²) in [5.41, 5.74) is 7.78. The van der Waals surface area contributed by atoms with Crippen LogP contribution in [0.15, 0.2) is 24.3 Å². The van der Waals surface area contributed by atoms with Gasteiger partial charge in [0.15, 0.2) is 0 Å². The zero-order valence-corrected chi connectivity index (χ0v) is 9.80. The van der Waals surface area contributed by atoms with Crippen LogP contribution in [0.5, 0.6) is 0 Å². The maximum Gasteiger partial charge on any atom is 0.0722 e. The van der Waals surface area contributed by atoms with E-state index in [-0.39, 0.29) is 0 Å². The summed E-state index contributed by atoms with van der Waals surface area (Å²) in [5, 5.41) is 0. The Morgan fingerprint density at radius 1 is 1.20 bits per heavy atom. The Bertz CT molecular complexity index is 357. The topological polar surface area (TPSA) is 26.0 Å². The highest BCUT2D eigenvalue weighted by Crippen LogP contribution is 2.06. The molecule has 0 spiro atoms. The lowest BCUT2D eigenvalue weighted by molar-refractivity contribution is 0.680. The number of benzene rings is 1. The standard InChI is InChI=1S/C14H19N/c1-4-5-12-6-8-13(9-7-12)10-11-14(2,3)15/h6-9H,4-5,15H2,1-3H3. The van der Waals surface area contributed by atoms with E-state index in [1.54, 1.807) is 0 Å². The van der Waals surface area contributed by atoms with Gasteiger partial charge in [0.05, 0.1) is 5.54 Å². The molecular weight excluding hydrogens is 182 g/mol. The summed E-state index contributed by atoms with van der Waals surface area (Å²) < 4.78 is 0. The SMILES string of the molecule is CCCc1ccc(C#CC(C)(C)N)cc1. The maximum absolute atomic E-state index is 5.79. The minimum Gasteiger partial charge on any atom is -0.316 e. The highest BCUT2D eigenvalue weighted by molar-refractivity contribution is 5.37. The normalized spacial score (nSPS) is 10.7. The molecule has 0 aromatic heterocycles. The van der Waals surface area contributed by atoms with Crippen LogP contribution >= 0.6 is 0 Å². The molecule has 0 aliphatic carbocycles. The Kier molecular flexibility index (Phi) is 3.94. The molecule has 0 bridgehead atoms. The van der Waals surface area contributed by atoms with Gasteiger partial charge in [-0.3, -0.25) is 0 Å². The van der Waals surface area contributed by atoms with Crippen LogP contribution in [-0.4, -0.2) is 5.54 Å². The fourth-order valence-corrected chi connectivity index (χ4v) is 1.28. The van der Waals surface area contributed by atoms with Crippen molar-refractivity contribution in [2.24, 2.45) is 5.73 Å². The molecule has 15 heavy (non-hydrogen) atoms. The van der Waals surface area contributed by atoms with Crippen molar-refractivity contribution >= 4 is 0 Å². The lowest BCUT2D eigenvalue weighted by Crippen LogP contribution is -2.29. The smallest absolute Gasteiger partial charge is 0.0722 e. The van der Waals surface area contributed by atoms with Crippen molar-refractivity contribution in [3.63, 3.8) is 0 Å². The molecule has 0 aliphatic rings. The van der Waals surface area contributed by atoms with Gasteiger partial charge < -0.3 is 5.73 Å². The van der Waals surface area contributed by atoms with E-state index in [9.17, 15) is 0 Å². The molecule has 0 saturated heterocycles. The van der Waals surface area contributed by atoms with Crippen LogP contribution in [0.2, 0.25) is 0 Å². The summed E-state index contributed by atoms with van der Waals surface area (Å²) in [5.74, 6) is 6.10. The van der Waals surface area contributed by atoms with E-state index in [0.717, 1.165) is 12.0 Å². The first kappa shape index (κ1) is 11.8. The van der Waals surface area contributed by atoms with E-state index >= 15 is 0 Å². The van der Waals surface area contributed by atoms with Gasteiger partial charge in [-0.15, -0.1) is 0 Å². The van der Waals surface area contributed by atoms with Gasteiger partial charge in [0.25, 0.3) is 0 Å². The van der Waals surface area contributed by atoms with Crippen LogP contribution in [0, 0.1) is 11.8 Å². The van der Waals surface area contributed by atoms with Crippen molar-refractivity contribution in [3.8, 4) is 11.8 Å². The summed E-state index contributed by atoms with van der Waals surface area (Å²) in [6.45, 7) is 6.00. The van der Waals surface area contributed by atoms with E-state index in [1.165, 1.54) is 12.0 Å². The molecule has 0 radical (unpaired) electrons. The summed E-state index contributed by atoms with van der Waals surface area (Å²) in [4.78, 5) is 0. The number of hydrogen-bond donors (Lipinski definition) is 1. The molecule has 1 aromatic rings. The Morgan fingerprint density at radius 2 is 1.80 bits per heavy atom. The van der Waals surface area contributed by atoms with Crippen molar-refractivity contribution < 1.29 is 0 Å². The molecule has 0 saturated carbocycles. The molecular formula is C14H19N. The van der Waals surface area contributed by atoms with Gasteiger partial charge in [-0.2, -0.15) is 0 Å². The van der Waals surface area contributed by atoms with Gasteiger partial charge in [0, 0.05) is 5.56 Å². The van der Waals surface area contributed by atoms with Gasteiger partial charge in [-0.05, 0) is 38.0 Å². The average Bonchev–Trinajstić information content (AvgIpc) is 2.16. The second-order valence-corrected chi connectivity index (χ2v) is 4.42. The largest absolute Gasteiger partial charge is 0.316 e. The van der Waals surface area contributed by atoms with E-state index in [4.69, 9.17) is 5.73 Å². The average molecular weight is 201 g/mol. The molecule has 80 valence electrons. The van der Waals surface area contributed by atoms with E-state index in [2.05, 4.69) is 43.0 Å². The van der Waals surface area contributed by atoms with Crippen molar-refractivity contribution in [1.29, 1.82) is 0 Å². The number of nitrogens with two attached hydrogens (primary N) is 1. The summed E-state index contributed by atoms with van der Waals surface area (Å²) in [6.07, 6.45) is 2.32. The molecule has 0 aliphatic heterocycles. The second kappa shape index (κ2) is 5.00. The Morgan fingerprint density at radius 3 is 2.27 bits per heavy atom. The minimum absolute atomic E-state index is 0.415. The van der Waals surface area contributed by atoms with Crippen molar-refractivity contribution in [1.82, 2.24) is 0 Å². The maximum atomic E-state index is 5.79. The summed E-state index contributed by atoms with van der Waals surface area (Å²) >= 11 is 0. The second-order valence-electron chi connectivity index (χ2n) is 4.42. The van der Waals surface area contributed by atoms with Crippen molar-refractivity contribution in [3.05, 3.63) is 35.4 Å². The van der Waals surface area contributed by atoms with Crippen LogP contribution in [-0.2, 0) is 6.42 Å². The first-order valence-corrected chi connectivity index (χ1v) is 5.42. The molecule has 2 N–H and O–H groups in total. The zero-order valence-electron chi connectivity index (χ0n) is 9.80. The molecule has 1 heteroatoms. The molecule has 0 amide bonds.